The molecule has 3 rings (SSSR count). The van der Waals surface area contributed by atoms with Gasteiger partial charge in [0.05, 0.1) is 12.6 Å². The molecule has 1 aromatic carbocycles. The van der Waals surface area contributed by atoms with Crippen LogP contribution in [0, 0.1) is 22.7 Å². The van der Waals surface area contributed by atoms with E-state index in [1.54, 1.807) is 37.3 Å². The number of hydrogen-bond donors (Lipinski definition) is 3. The fraction of sp³-hybridized carbons (Fsp3) is 0.375. The monoisotopic (exact) mass is 511 g/mol. The van der Waals surface area contributed by atoms with E-state index < -0.39 is 12.1 Å². The molecule has 0 saturated carbocycles. The second kappa shape index (κ2) is 12.6. The van der Waals surface area contributed by atoms with Gasteiger partial charge in [0.25, 0.3) is 11.5 Å². The summed E-state index contributed by atoms with van der Waals surface area (Å²) in [4.78, 5) is 39.4. The Morgan fingerprint density at radius 2 is 1.97 bits per heavy atom. The van der Waals surface area contributed by atoms with E-state index in [2.05, 4.69) is 16.0 Å². The first-order valence-corrected chi connectivity index (χ1v) is 12.2. The van der Waals surface area contributed by atoms with Crippen molar-refractivity contribution >= 4 is 46.3 Å². The van der Waals surface area contributed by atoms with Crippen molar-refractivity contribution in [3.8, 4) is 12.1 Å². The number of benzene rings is 1. The quantitative estimate of drug-likeness (QED) is 0.437. The molecule has 1 saturated heterocycles. The number of aromatic nitrogens is 1. The first kappa shape index (κ1) is 26.6. The summed E-state index contributed by atoms with van der Waals surface area (Å²) in [7, 11) is 0. The summed E-state index contributed by atoms with van der Waals surface area (Å²) in [6.07, 6.45) is 1.55. The molecule has 10 nitrogen and oxygen atoms in total. The smallest absolute Gasteiger partial charge is 0.270 e. The molecular weight excluding hydrogens is 485 g/mol. The molecular formula is C24H26FN7O3S. The van der Waals surface area contributed by atoms with Crippen molar-refractivity contribution in [2.45, 2.75) is 32.5 Å². The number of carbonyl (C=O) groups excluding carboxylic acids is 2. The molecule has 1 aliphatic heterocycles. The molecule has 2 heterocycles. The molecule has 12 heteroatoms. The second-order valence-corrected chi connectivity index (χ2v) is 9.05. The molecule has 0 aliphatic carbocycles. The summed E-state index contributed by atoms with van der Waals surface area (Å²) < 4.78 is 15.1. The Hall–Kier alpha value is -4.00. The number of halogens is 1. The number of carbonyl (C=O) groups is 2. The molecule has 1 aliphatic rings. The average molecular weight is 512 g/mol. The highest BCUT2D eigenvalue weighted by Gasteiger charge is 2.20. The zero-order valence-electron chi connectivity index (χ0n) is 19.7. The normalized spacial score (nSPS) is 15.5. The molecule has 2 amide bonds. The Bertz CT molecular complexity index is 1380. The van der Waals surface area contributed by atoms with Crippen LogP contribution in [0.4, 0.5) is 15.8 Å². The molecule has 0 atom stereocenters. The predicted molar refractivity (Wildman–Crippen MR) is 135 cm³/mol. The third kappa shape index (κ3) is 6.78. The molecule has 0 spiro atoms. The number of alkyl halides is 1. The molecule has 188 valence electrons. The lowest BCUT2D eigenvalue weighted by Crippen LogP contribution is -2.39. The summed E-state index contributed by atoms with van der Waals surface area (Å²) in [5, 5.41) is 26.3. The number of likely N-dealkylation sites (tertiary alicyclic amines) is 1. The minimum Gasteiger partial charge on any atom is -0.360 e. The zero-order chi connectivity index (χ0) is 26.1. The maximum atomic E-state index is 13.3. The van der Waals surface area contributed by atoms with Gasteiger partial charge in [-0.25, -0.2) is 4.39 Å². The number of piperidine rings is 1. The highest BCUT2D eigenvalue weighted by atomic mass is 32.1. The Morgan fingerprint density at radius 3 is 2.64 bits per heavy atom. The van der Waals surface area contributed by atoms with Gasteiger partial charge in [-0.05, 0) is 38.0 Å². The third-order valence-corrected chi connectivity index (χ3v) is 6.64. The van der Waals surface area contributed by atoms with Crippen LogP contribution in [-0.4, -0.2) is 53.6 Å². The van der Waals surface area contributed by atoms with Gasteiger partial charge in [0, 0.05) is 37.2 Å². The van der Waals surface area contributed by atoms with E-state index in [1.165, 1.54) is 10.8 Å². The minimum atomic E-state index is -0.797. The first-order valence-electron chi connectivity index (χ1n) is 11.4. The lowest BCUT2D eigenvalue weighted by atomic mass is 10.1. The van der Waals surface area contributed by atoms with Gasteiger partial charge in [-0.1, -0.05) is 6.07 Å². The van der Waals surface area contributed by atoms with Crippen LogP contribution in [0.1, 0.15) is 19.8 Å². The summed E-state index contributed by atoms with van der Waals surface area (Å²) in [6.45, 7) is 3.00. The topological polar surface area (TPSA) is 143 Å². The van der Waals surface area contributed by atoms with Crippen LogP contribution in [0.25, 0.3) is 11.8 Å². The fourth-order valence-corrected chi connectivity index (χ4v) is 4.78. The maximum Gasteiger partial charge on any atom is 0.270 e. The van der Waals surface area contributed by atoms with Gasteiger partial charge in [-0.2, -0.15) is 10.5 Å². The van der Waals surface area contributed by atoms with E-state index >= 15 is 0 Å². The number of nitrogens with one attached hydrogen (secondary N) is 3. The predicted octanol–water partition coefficient (Wildman–Crippen LogP) is 0.466. The Kier molecular flexibility index (Phi) is 9.33. The van der Waals surface area contributed by atoms with Gasteiger partial charge in [0.15, 0.2) is 5.57 Å². The van der Waals surface area contributed by atoms with Crippen LogP contribution in [-0.2, 0) is 16.1 Å². The van der Waals surface area contributed by atoms with Gasteiger partial charge in [0.1, 0.15) is 28.0 Å². The largest absolute Gasteiger partial charge is 0.360 e. The van der Waals surface area contributed by atoms with Crippen LogP contribution in [0.3, 0.4) is 0 Å². The highest BCUT2D eigenvalue weighted by molar-refractivity contribution is 7.07. The standard InChI is InChI=1S/C24H26FN7O3S/c1-2-32-23(35)20(36-24(32)19(13-27)22(34)28-9-8-26)14-29-17-4-3-5-18(12-17)30-21(33)15-31-10-6-16(25)7-11-31/h3-5,12,14,16,29H,2,6-7,9-11,15H2,1H3,(H,28,34)(H,30,33). The number of thiazole rings is 1. The molecule has 1 fully saturated rings. The van der Waals surface area contributed by atoms with Crippen molar-refractivity contribution in [3.63, 3.8) is 0 Å². The van der Waals surface area contributed by atoms with Crippen LogP contribution in [0.15, 0.2) is 29.1 Å². The van der Waals surface area contributed by atoms with Gasteiger partial charge in [0.2, 0.25) is 5.91 Å². The molecule has 0 unspecified atom stereocenters. The minimum absolute atomic E-state index is 0.185. The third-order valence-electron chi connectivity index (χ3n) is 5.51. The van der Waals surface area contributed by atoms with E-state index in [1.807, 2.05) is 11.0 Å². The van der Waals surface area contributed by atoms with Crippen molar-refractivity contribution in [1.29, 1.82) is 10.5 Å². The molecule has 0 radical (unpaired) electrons. The molecule has 3 N–H and O–H groups in total. The lowest BCUT2D eigenvalue weighted by molar-refractivity contribution is -0.117. The lowest BCUT2D eigenvalue weighted by Gasteiger charge is -2.27. The van der Waals surface area contributed by atoms with Crippen LogP contribution >= 0.6 is 11.3 Å². The van der Waals surface area contributed by atoms with Gasteiger partial charge in [-0.3, -0.25) is 23.9 Å². The highest BCUT2D eigenvalue weighted by Crippen LogP contribution is 2.16. The molecule has 1 aromatic heterocycles. The maximum absolute atomic E-state index is 13.3. The van der Waals surface area contributed by atoms with E-state index in [4.69, 9.17) is 5.26 Å². The fourth-order valence-electron chi connectivity index (χ4n) is 3.70. The van der Waals surface area contributed by atoms with Crippen molar-refractivity contribution in [2.75, 3.05) is 36.8 Å². The number of nitriles is 2. The molecule has 2 aromatic rings. The molecule has 0 bridgehead atoms. The number of hydrogen-bond acceptors (Lipinski definition) is 8. The van der Waals surface area contributed by atoms with Gasteiger partial charge >= 0.3 is 0 Å². The van der Waals surface area contributed by atoms with E-state index in [-0.39, 0.29) is 45.9 Å². The number of nitrogens with zero attached hydrogens (tertiary/aromatic N) is 4. The van der Waals surface area contributed by atoms with E-state index in [9.17, 15) is 24.0 Å². The number of rotatable bonds is 8. The Morgan fingerprint density at radius 1 is 1.25 bits per heavy atom. The summed E-state index contributed by atoms with van der Waals surface area (Å²) >= 11 is 0.986. The first-order chi connectivity index (χ1) is 17.4. The summed E-state index contributed by atoms with van der Waals surface area (Å²) in [5.74, 6) is -0.920. The van der Waals surface area contributed by atoms with Gasteiger partial charge in [-0.15, -0.1) is 11.3 Å². The van der Waals surface area contributed by atoms with Crippen molar-refractivity contribution in [2.24, 2.45) is 0 Å². The summed E-state index contributed by atoms with van der Waals surface area (Å²) in [6, 6.07) is 10.5. The second-order valence-electron chi connectivity index (χ2n) is 8.02. The molecule has 36 heavy (non-hydrogen) atoms. The Labute approximate surface area is 210 Å². The van der Waals surface area contributed by atoms with Crippen molar-refractivity contribution in [3.05, 3.63) is 43.8 Å². The van der Waals surface area contributed by atoms with Crippen LogP contribution in [0.2, 0.25) is 0 Å². The van der Waals surface area contributed by atoms with E-state index in [0.29, 0.717) is 37.3 Å². The Balaban J connectivity index is 1.77. The van der Waals surface area contributed by atoms with Crippen LogP contribution in [0.5, 0.6) is 0 Å². The van der Waals surface area contributed by atoms with Crippen molar-refractivity contribution < 1.29 is 14.0 Å². The van der Waals surface area contributed by atoms with Gasteiger partial charge < -0.3 is 16.0 Å². The zero-order valence-corrected chi connectivity index (χ0v) is 20.5. The van der Waals surface area contributed by atoms with Crippen molar-refractivity contribution in [1.82, 2.24) is 14.8 Å². The summed E-state index contributed by atoms with van der Waals surface area (Å²) in [5.41, 5.74) is 0.562. The van der Waals surface area contributed by atoms with E-state index in [0.717, 1.165) is 11.3 Å². The number of anilines is 2. The average Bonchev–Trinajstić information content (AvgIpc) is 3.18. The van der Waals surface area contributed by atoms with Crippen LogP contribution < -0.4 is 30.7 Å². The SMILES string of the molecule is CCn1c(=C(C#N)C(=O)NCC#N)sc(=CNc2cccc(NC(=O)CN3CCC(F)CC3)c2)c1=O. The number of amides is 2.